The van der Waals surface area contributed by atoms with Crippen LogP contribution in [0.15, 0.2) is 107 Å². The zero-order valence-corrected chi connectivity index (χ0v) is 19.0. The van der Waals surface area contributed by atoms with Crippen LogP contribution in [0.25, 0.3) is 10.8 Å². The molecule has 4 rings (SSSR count). The molecule has 0 aromatic heterocycles. The number of anilines is 1. The molecule has 0 aliphatic heterocycles. The van der Waals surface area contributed by atoms with Crippen LogP contribution in [0, 0.1) is 0 Å². The van der Waals surface area contributed by atoms with Crippen molar-refractivity contribution in [2.24, 2.45) is 5.10 Å². The summed E-state index contributed by atoms with van der Waals surface area (Å²) in [6.07, 6.45) is 1.54. The van der Waals surface area contributed by atoms with Gasteiger partial charge in [-0.3, -0.25) is 9.10 Å². The first kappa shape index (κ1) is 22.5. The van der Waals surface area contributed by atoms with E-state index in [4.69, 9.17) is 11.6 Å². The fourth-order valence-corrected chi connectivity index (χ4v) is 4.91. The van der Waals surface area contributed by atoms with Crippen molar-refractivity contribution in [3.8, 4) is 0 Å². The highest BCUT2D eigenvalue weighted by atomic mass is 35.5. The molecule has 0 radical (unpaired) electrons. The van der Waals surface area contributed by atoms with Crippen molar-refractivity contribution < 1.29 is 13.2 Å². The van der Waals surface area contributed by atoms with Crippen LogP contribution in [-0.4, -0.2) is 27.1 Å². The van der Waals surface area contributed by atoms with Crippen LogP contribution in [0.5, 0.6) is 0 Å². The predicted octanol–water partition coefficient (Wildman–Crippen LogP) is 4.84. The molecule has 0 aliphatic rings. The monoisotopic (exact) mass is 477 g/mol. The first-order valence-electron chi connectivity index (χ1n) is 10.1. The molecule has 6 nitrogen and oxygen atoms in total. The summed E-state index contributed by atoms with van der Waals surface area (Å²) in [7, 11) is -3.99. The lowest BCUT2D eigenvalue weighted by Gasteiger charge is -2.23. The number of benzene rings is 4. The van der Waals surface area contributed by atoms with Gasteiger partial charge in [-0.25, -0.2) is 13.8 Å². The molecule has 0 aliphatic carbocycles. The van der Waals surface area contributed by atoms with Crippen molar-refractivity contribution >= 4 is 50.2 Å². The first-order valence-corrected chi connectivity index (χ1v) is 11.9. The van der Waals surface area contributed by atoms with E-state index in [1.807, 2.05) is 42.5 Å². The van der Waals surface area contributed by atoms with Gasteiger partial charge in [0.1, 0.15) is 6.54 Å². The maximum atomic E-state index is 13.3. The lowest BCUT2D eigenvalue weighted by atomic mass is 10.1. The Labute approximate surface area is 197 Å². The minimum atomic E-state index is -3.99. The minimum absolute atomic E-state index is 0.0759. The molecule has 0 unspecified atom stereocenters. The Kier molecular flexibility index (Phi) is 6.72. The van der Waals surface area contributed by atoms with Gasteiger partial charge in [0.15, 0.2) is 0 Å². The van der Waals surface area contributed by atoms with E-state index >= 15 is 0 Å². The van der Waals surface area contributed by atoms with Crippen molar-refractivity contribution in [3.63, 3.8) is 0 Å². The normalized spacial score (nSPS) is 11.5. The van der Waals surface area contributed by atoms with Gasteiger partial charge in [-0.15, -0.1) is 0 Å². The number of rotatable bonds is 7. The topological polar surface area (TPSA) is 78.8 Å². The molecule has 0 fully saturated rings. The maximum Gasteiger partial charge on any atom is 0.264 e. The van der Waals surface area contributed by atoms with Crippen LogP contribution in [-0.2, 0) is 14.8 Å². The molecule has 1 amide bonds. The zero-order valence-electron chi connectivity index (χ0n) is 17.4. The van der Waals surface area contributed by atoms with Crippen LogP contribution >= 0.6 is 11.6 Å². The average Bonchev–Trinajstić information content (AvgIpc) is 2.84. The van der Waals surface area contributed by atoms with Gasteiger partial charge in [0, 0.05) is 10.6 Å². The largest absolute Gasteiger partial charge is 0.271 e. The van der Waals surface area contributed by atoms with Gasteiger partial charge >= 0.3 is 0 Å². The van der Waals surface area contributed by atoms with Crippen LogP contribution in [0.4, 0.5) is 5.69 Å². The van der Waals surface area contributed by atoms with Crippen molar-refractivity contribution in [2.45, 2.75) is 4.90 Å². The molecule has 33 heavy (non-hydrogen) atoms. The Morgan fingerprint density at radius 2 is 1.55 bits per heavy atom. The number of nitrogens with zero attached hydrogens (tertiary/aromatic N) is 2. The molecule has 0 bridgehead atoms. The van der Waals surface area contributed by atoms with E-state index in [1.165, 1.54) is 12.1 Å². The SMILES string of the molecule is O=C(CN(c1ccc(Cl)cc1)S(=O)(=O)c1ccccc1)N/N=C/c1cccc2ccccc12. The molecule has 166 valence electrons. The molecule has 4 aromatic carbocycles. The van der Waals surface area contributed by atoms with Crippen molar-refractivity contribution in [2.75, 3.05) is 10.8 Å². The zero-order chi connectivity index (χ0) is 23.3. The van der Waals surface area contributed by atoms with Gasteiger partial charge in [-0.05, 0) is 47.2 Å². The summed E-state index contributed by atoms with van der Waals surface area (Å²) < 4.78 is 27.6. The summed E-state index contributed by atoms with van der Waals surface area (Å²) in [6, 6.07) is 27.8. The Bertz CT molecular complexity index is 1400. The molecular weight excluding hydrogens is 458 g/mol. The second kappa shape index (κ2) is 9.85. The van der Waals surface area contributed by atoms with E-state index in [0.29, 0.717) is 10.7 Å². The Hall–Kier alpha value is -3.68. The molecule has 0 saturated heterocycles. The van der Waals surface area contributed by atoms with E-state index in [9.17, 15) is 13.2 Å². The summed E-state index contributed by atoms with van der Waals surface area (Å²) in [5.74, 6) is -0.582. The van der Waals surface area contributed by atoms with Crippen LogP contribution < -0.4 is 9.73 Å². The molecule has 1 N–H and O–H groups in total. The lowest BCUT2D eigenvalue weighted by Crippen LogP contribution is -2.39. The second-order valence-corrected chi connectivity index (χ2v) is 9.46. The lowest BCUT2D eigenvalue weighted by molar-refractivity contribution is -0.119. The van der Waals surface area contributed by atoms with Crippen LogP contribution in [0.2, 0.25) is 5.02 Å². The summed E-state index contributed by atoms with van der Waals surface area (Å²) in [6.45, 7) is -0.453. The number of carbonyl (C=O) groups excluding carboxylic acids is 1. The van der Waals surface area contributed by atoms with Gasteiger partial charge in [-0.2, -0.15) is 5.10 Å². The minimum Gasteiger partial charge on any atom is -0.271 e. The highest BCUT2D eigenvalue weighted by Gasteiger charge is 2.27. The second-order valence-electron chi connectivity index (χ2n) is 7.16. The highest BCUT2D eigenvalue weighted by Crippen LogP contribution is 2.25. The molecule has 0 heterocycles. The van der Waals surface area contributed by atoms with Gasteiger partial charge in [0.05, 0.1) is 16.8 Å². The third-order valence-electron chi connectivity index (χ3n) is 4.95. The molecule has 4 aromatic rings. The Morgan fingerprint density at radius 1 is 0.879 bits per heavy atom. The number of hydrogen-bond acceptors (Lipinski definition) is 4. The highest BCUT2D eigenvalue weighted by molar-refractivity contribution is 7.92. The van der Waals surface area contributed by atoms with E-state index < -0.39 is 22.5 Å². The number of nitrogens with one attached hydrogen (secondary N) is 1. The van der Waals surface area contributed by atoms with Crippen LogP contribution in [0.3, 0.4) is 0 Å². The quantitative estimate of drug-likeness (QED) is 0.305. The fraction of sp³-hybridized carbons (Fsp3) is 0.0400. The van der Waals surface area contributed by atoms with Crippen LogP contribution in [0.1, 0.15) is 5.56 Å². The number of fused-ring (bicyclic) bond motifs is 1. The summed E-state index contributed by atoms with van der Waals surface area (Å²) in [5, 5.41) is 6.54. The van der Waals surface area contributed by atoms with Crippen molar-refractivity contribution in [1.82, 2.24) is 5.43 Å². The molecular formula is C25H20ClN3O3S. The van der Waals surface area contributed by atoms with Gasteiger partial charge in [-0.1, -0.05) is 72.3 Å². The summed E-state index contributed by atoms with van der Waals surface area (Å²) in [5.41, 5.74) is 3.58. The van der Waals surface area contributed by atoms with E-state index in [2.05, 4.69) is 10.5 Å². The predicted molar refractivity (Wildman–Crippen MR) is 132 cm³/mol. The number of sulfonamides is 1. The average molecular weight is 478 g/mol. The number of carbonyl (C=O) groups is 1. The molecule has 8 heteroatoms. The van der Waals surface area contributed by atoms with Crippen molar-refractivity contribution in [3.05, 3.63) is 108 Å². The number of amides is 1. The standard InChI is InChI=1S/C25H20ClN3O3S/c26-21-13-15-22(16-14-21)29(33(31,32)23-10-2-1-3-11-23)18-25(30)28-27-17-20-9-6-8-19-7-4-5-12-24(19)20/h1-17H,18H2,(H,28,30)/b27-17+. The molecule has 0 atom stereocenters. The molecule has 0 spiro atoms. The van der Waals surface area contributed by atoms with Gasteiger partial charge in [0.2, 0.25) is 0 Å². The number of hydrogen-bond donors (Lipinski definition) is 1. The van der Waals surface area contributed by atoms with E-state index in [1.54, 1.807) is 48.7 Å². The third kappa shape index (κ3) is 5.22. The summed E-state index contributed by atoms with van der Waals surface area (Å²) >= 11 is 5.96. The Morgan fingerprint density at radius 3 is 2.30 bits per heavy atom. The smallest absolute Gasteiger partial charge is 0.264 e. The van der Waals surface area contributed by atoms with E-state index in [-0.39, 0.29) is 4.90 Å². The van der Waals surface area contributed by atoms with Gasteiger partial charge in [0.25, 0.3) is 15.9 Å². The number of halogens is 1. The fourth-order valence-electron chi connectivity index (χ4n) is 3.34. The molecule has 0 saturated carbocycles. The third-order valence-corrected chi connectivity index (χ3v) is 6.99. The van der Waals surface area contributed by atoms with E-state index in [0.717, 1.165) is 20.6 Å². The Balaban J connectivity index is 1.56. The van der Waals surface area contributed by atoms with Crippen molar-refractivity contribution in [1.29, 1.82) is 0 Å². The summed E-state index contributed by atoms with van der Waals surface area (Å²) in [4.78, 5) is 12.7. The maximum absolute atomic E-state index is 13.3. The van der Waals surface area contributed by atoms with Gasteiger partial charge < -0.3 is 0 Å². The number of hydrazone groups is 1. The first-order chi connectivity index (χ1) is 15.9.